The average molecular weight is 217 g/mol. The molecule has 16 heavy (non-hydrogen) atoms. The quantitative estimate of drug-likeness (QED) is 0.810. The van der Waals surface area contributed by atoms with Crippen molar-refractivity contribution in [2.24, 2.45) is 11.8 Å². The van der Waals surface area contributed by atoms with Crippen molar-refractivity contribution in [3.63, 3.8) is 0 Å². The van der Waals surface area contributed by atoms with E-state index in [1.54, 1.807) is 0 Å². The Labute approximate surface area is 99.3 Å². The lowest BCUT2D eigenvalue weighted by atomic mass is 9.85. The van der Waals surface area contributed by atoms with Crippen LogP contribution in [0.2, 0.25) is 0 Å². The third kappa shape index (κ3) is 2.40. The molecule has 0 spiro atoms. The molecule has 2 rings (SSSR count). The second-order valence-corrected chi connectivity index (χ2v) is 5.33. The summed E-state index contributed by atoms with van der Waals surface area (Å²) in [6.45, 7) is 8.03. The van der Waals surface area contributed by atoms with E-state index in [0.717, 1.165) is 18.4 Å². The Morgan fingerprint density at radius 3 is 2.88 bits per heavy atom. The van der Waals surface area contributed by atoms with Crippen LogP contribution in [-0.2, 0) is 12.8 Å². The standard InChI is InChI=1S/C15H23N/c1-4-5-12-6-7-15-13(8-12)9-14(10-16-15)11(2)3/h6-8,11,14,16H,4-5,9-10H2,1-3H3. The number of rotatable bonds is 3. The summed E-state index contributed by atoms with van der Waals surface area (Å²) in [5.74, 6) is 1.57. The van der Waals surface area contributed by atoms with Gasteiger partial charge in [-0.2, -0.15) is 0 Å². The summed E-state index contributed by atoms with van der Waals surface area (Å²) in [4.78, 5) is 0. The number of hydrogen-bond acceptors (Lipinski definition) is 1. The summed E-state index contributed by atoms with van der Waals surface area (Å²) < 4.78 is 0. The van der Waals surface area contributed by atoms with Crippen LogP contribution in [-0.4, -0.2) is 6.54 Å². The lowest BCUT2D eigenvalue weighted by molar-refractivity contribution is 0.393. The van der Waals surface area contributed by atoms with Gasteiger partial charge in [-0.25, -0.2) is 0 Å². The van der Waals surface area contributed by atoms with Gasteiger partial charge in [0.1, 0.15) is 0 Å². The predicted molar refractivity (Wildman–Crippen MR) is 71.0 cm³/mol. The molecule has 1 atom stereocenters. The summed E-state index contributed by atoms with van der Waals surface area (Å²) in [7, 11) is 0. The van der Waals surface area contributed by atoms with Gasteiger partial charge in [0.2, 0.25) is 0 Å². The van der Waals surface area contributed by atoms with Gasteiger partial charge in [-0.3, -0.25) is 0 Å². The SMILES string of the molecule is CCCc1ccc2c(c1)CC(C(C)C)CN2. The van der Waals surface area contributed by atoms with Crippen molar-refractivity contribution < 1.29 is 0 Å². The molecule has 1 nitrogen and oxygen atoms in total. The molecule has 1 aromatic carbocycles. The molecule has 1 N–H and O–H groups in total. The maximum Gasteiger partial charge on any atom is 0.0373 e. The molecule has 1 unspecified atom stereocenters. The van der Waals surface area contributed by atoms with Crippen LogP contribution >= 0.6 is 0 Å². The van der Waals surface area contributed by atoms with E-state index >= 15 is 0 Å². The van der Waals surface area contributed by atoms with Crippen LogP contribution in [0, 0.1) is 11.8 Å². The van der Waals surface area contributed by atoms with E-state index in [2.05, 4.69) is 44.3 Å². The molecule has 1 aliphatic rings. The second kappa shape index (κ2) is 4.90. The summed E-state index contributed by atoms with van der Waals surface area (Å²) in [5, 5.41) is 3.56. The lowest BCUT2D eigenvalue weighted by Crippen LogP contribution is -2.27. The first kappa shape index (κ1) is 11.5. The van der Waals surface area contributed by atoms with Gasteiger partial charge in [-0.15, -0.1) is 0 Å². The van der Waals surface area contributed by atoms with Crippen molar-refractivity contribution >= 4 is 5.69 Å². The van der Waals surface area contributed by atoms with E-state index in [1.165, 1.54) is 36.1 Å². The second-order valence-electron chi connectivity index (χ2n) is 5.33. The molecule has 0 aromatic heterocycles. The van der Waals surface area contributed by atoms with Crippen LogP contribution in [0.1, 0.15) is 38.3 Å². The van der Waals surface area contributed by atoms with Gasteiger partial charge >= 0.3 is 0 Å². The van der Waals surface area contributed by atoms with Gasteiger partial charge in [0.05, 0.1) is 0 Å². The molecule has 0 bridgehead atoms. The number of fused-ring (bicyclic) bond motifs is 1. The van der Waals surface area contributed by atoms with Crippen molar-refractivity contribution in [1.82, 2.24) is 0 Å². The topological polar surface area (TPSA) is 12.0 Å². The predicted octanol–water partition coefficient (Wildman–Crippen LogP) is 3.88. The third-order valence-electron chi connectivity index (χ3n) is 3.69. The zero-order valence-electron chi connectivity index (χ0n) is 10.7. The first-order valence-electron chi connectivity index (χ1n) is 6.56. The van der Waals surface area contributed by atoms with Crippen molar-refractivity contribution in [1.29, 1.82) is 0 Å². The summed E-state index contributed by atoms with van der Waals surface area (Å²) in [5.41, 5.74) is 4.38. The van der Waals surface area contributed by atoms with Crippen molar-refractivity contribution in [2.45, 2.75) is 40.0 Å². The van der Waals surface area contributed by atoms with Crippen LogP contribution in [0.25, 0.3) is 0 Å². The zero-order valence-corrected chi connectivity index (χ0v) is 10.7. The molecule has 0 radical (unpaired) electrons. The number of nitrogens with one attached hydrogen (secondary N) is 1. The van der Waals surface area contributed by atoms with Gasteiger partial charge in [0, 0.05) is 12.2 Å². The molecule has 0 amide bonds. The fourth-order valence-electron chi connectivity index (χ4n) is 2.50. The summed E-state index contributed by atoms with van der Waals surface area (Å²) in [6.07, 6.45) is 3.69. The molecule has 88 valence electrons. The highest BCUT2D eigenvalue weighted by molar-refractivity contribution is 5.54. The summed E-state index contributed by atoms with van der Waals surface area (Å²) in [6, 6.07) is 6.93. The maximum atomic E-state index is 3.56. The molecule has 1 aromatic rings. The fourth-order valence-corrected chi connectivity index (χ4v) is 2.50. The molecular weight excluding hydrogens is 194 g/mol. The Morgan fingerprint density at radius 2 is 2.19 bits per heavy atom. The van der Waals surface area contributed by atoms with Crippen LogP contribution in [0.4, 0.5) is 5.69 Å². The molecule has 0 aliphatic carbocycles. The normalized spacial score (nSPS) is 19.4. The van der Waals surface area contributed by atoms with Gasteiger partial charge in [-0.1, -0.05) is 39.3 Å². The number of benzene rings is 1. The van der Waals surface area contributed by atoms with Gasteiger partial charge < -0.3 is 5.32 Å². The molecule has 0 fully saturated rings. The minimum absolute atomic E-state index is 0.774. The lowest BCUT2D eigenvalue weighted by Gasteiger charge is -2.29. The Morgan fingerprint density at radius 1 is 1.38 bits per heavy atom. The van der Waals surface area contributed by atoms with E-state index in [9.17, 15) is 0 Å². The molecular formula is C15H23N. The van der Waals surface area contributed by atoms with E-state index in [-0.39, 0.29) is 0 Å². The number of hydrogen-bond donors (Lipinski definition) is 1. The number of aryl methyl sites for hydroxylation is 1. The third-order valence-corrected chi connectivity index (χ3v) is 3.69. The van der Waals surface area contributed by atoms with E-state index in [1.807, 2.05) is 0 Å². The Kier molecular flexibility index (Phi) is 3.52. The van der Waals surface area contributed by atoms with Crippen molar-refractivity contribution in [3.05, 3.63) is 29.3 Å². The van der Waals surface area contributed by atoms with Crippen LogP contribution in [0.5, 0.6) is 0 Å². The highest BCUT2D eigenvalue weighted by Gasteiger charge is 2.20. The van der Waals surface area contributed by atoms with Gasteiger partial charge in [-0.05, 0) is 41.9 Å². The Balaban J connectivity index is 2.18. The van der Waals surface area contributed by atoms with E-state index in [0.29, 0.717) is 0 Å². The van der Waals surface area contributed by atoms with Crippen LogP contribution in [0.3, 0.4) is 0 Å². The maximum absolute atomic E-state index is 3.56. The molecule has 1 aliphatic heterocycles. The monoisotopic (exact) mass is 217 g/mol. The van der Waals surface area contributed by atoms with Gasteiger partial charge in [0.25, 0.3) is 0 Å². The number of anilines is 1. The van der Waals surface area contributed by atoms with Gasteiger partial charge in [0.15, 0.2) is 0 Å². The minimum atomic E-state index is 0.774. The highest BCUT2D eigenvalue weighted by Crippen LogP contribution is 2.29. The molecule has 0 saturated carbocycles. The zero-order chi connectivity index (χ0) is 11.5. The van der Waals surface area contributed by atoms with Crippen molar-refractivity contribution in [3.8, 4) is 0 Å². The fraction of sp³-hybridized carbons (Fsp3) is 0.600. The smallest absolute Gasteiger partial charge is 0.0373 e. The van der Waals surface area contributed by atoms with Crippen molar-refractivity contribution in [2.75, 3.05) is 11.9 Å². The minimum Gasteiger partial charge on any atom is -0.385 e. The Bertz CT molecular complexity index is 354. The van der Waals surface area contributed by atoms with E-state index in [4.69, 9.17) is 0 Å². The van der Waals surface area contributed by atoms with E-state index < -0.39 is 0 Å². The Hall–Kier alpha value is -0.980. The summed E-state index contributed by atoms with van der Waals surface area (Å²) >= 11 is 0. The highest BCUT2D eigenvalue weighted by atomic mass is 14.9. The first-order valence-corrected chi connectivity index (χ1v) is 6.56. The van der Waals surface area contributed by atoms with Crippen LogP contribution in [0.15, 0.2) is 18.2 Å². The van der Waals surface area contributed by atoms with Crippen LogP contribution < -0.4 is 5.32 Å². The first-order chi connectivity index (χ1) is 7.70. The largest absolute Gasteiger partial charge is 0.385 e. The molecule has 1 heteroatoms. The average Bonchev–Trinajstić information content (AvgIpc) is 2.28. The molecule has 0 saturated heterocycles. The molecule has 1 heterocycles.